The van der Waals surface area contributed by atoms with Crippen LogP contribution in [0.2, 0.25) is 0 Å². The number of H-pyrrole nitrogens is 1. The second-order valence-corrected chi connectivity index (χ2v) is 12.8. The Bertz CT molecular complexity index is 1200. The van der Waals surface area contributed by atoms with Crippen LogP contribution in [-0.2, 0) is 11.0 Å². The van der Waals surface area contributed by atoms with Crippen LogP contribution in [0.15, 0.2) is 47.3 Å². The lowest BCUT2D eigenvalue weighted by atomic mass is 9.96. The number of nitrogens with one attached hydrogen (secondary N) is 1. The first-order valence-corrected chi connectivity index (χ1v) is 12.8. The Morgan fingerprint density at radius 2 is 1.77 bits per heavy atom. The summed E-state index contributed by atoms with van der Waals surface area (Å²) in [6.45, 7) is 8.98. The highest BCUT2D eigenvalue weighted by molar-refractivity contribution is 7.71. The van der Waals surface area contributed by atoms with E-state index in [1.165, 1.54) is 6.07 Å². The lowest BCUT2D eigenvalue weighted by Gasteiger charge is -2.36. The maximum Gasteiger partial charge on any atom is 0.272 e. The average Bonchev–Trinajstić information content (AvgIpc) is 2.72. The molecule has 0 saturated carbocycles. The number of rotatable bonds is 4. The summed E-state index contributed by atoms with van der Waals surface area (Å²) in [5.41, 5.74) is 1.50. The van der Waals surface area contributed by atoms with Crippen LogP contribution in [0.4, 0.5) is 4.39 Å². The van der Waals surface area contributed by atoms with Gasteiger partial charge in [-0.3, -0.25) is 4.79 Å². The summed E-state index contributed by atoms with van der Waals surface area (Å²) in [6.07, 6.45) is 1.44. The van der Waals surface area contributed by atoms with Gasteiger partial charge in [0.15, 0.2) is 0 Å². The molecule has 7 heteroatoms. The summed E-state index contributed by atoms with van der Waals surface area (Å²) in [6, 6.07) is 12.2. The Kier molecular flexibility index (Phi) is 5.89. The van der Waals surface area contributed by atoms with E-state index in [0.29, 0.717) is 35.1 Å². The lowest BCUT2D eigenvalue weighted by molar-refractivity contribution is 0.204. The smallest absolute Gasteiger partial charge is 0.272 e. The molecule has 1 aromatic heterocycles. The Hall–Kier alpha value is -2.30. The van der Waals surface area contributed by atoms with Gasteiger partial charge in [0.05, 0.1) is 11.1 Å². The fraction of sp³-hybridized carbons (Fsp3) is 0.417. The minimum absolute atomic E-state index is 0.179. The van der Waals surface area contributed by atoms with Gasteiger partial charge in [0.25, 0.3) is 5.56 Å². The number of hydrogen-bond donors (Lipinski definition) is 1. The zero-order chi connectivity index (χ0) is 22.2. The number of halogens is 1. The predicted molar refractivity (Wildman–Crippen MR) is 124 cm³/mol. The van der Waals surface area contributed by atoms with Gasteiger partial charge in [0.1, 0.15) is 13.0 Å². The van der Waals surface area contributed by atoms with Gasteiger partial charge in [0.2, 0.25) is 0 Å². The number of nitrogens with zero attached hydrogens (tertiary/aromatic N) is 2. The summed E-state index contributed by atoms with van der Waals surface area (Å²) in [5, 5.41) is 8.47. The molecular formula is C24H29FN3O2P. The molecule has 1 N–H and O–H groups in total. The molecule has 0 atom stereocenters. The largest absolute Gasteiger partial charge is 0.318 e. The van der Waals surface area contributed by atoms with Crippen molar-refractivity contribution in [3.05, 3.63) is 69.9 Å². The van der Waals surface area contributed by atoms with Crippen LogP contribution in [0.1, 0.15) is 32.0 Å². The van der Waals surface area contributed by atoms with Crippen LogP contribution < -0.4 is 10.9 Å². The molecule has 164 valence electrons. The van der Waals surface area contributed by atoms with E-state index in [0.717, 1.165) is 30.6 Å². The minimum Gasteiger partial charge on any atom is -0.318 e. The molecule has 1 aliphatic heterocycles. The van der Waals surface area contributed by atoms with Gasteiger partial charge in [-0.1, -0.05) is 45.0 Å². The molecule has 0 radical (unpaired) electrons. The fourth-order valence-electron chi connectivity index (χ4n) is 4.38. The number of aromatic amines is 1. The quantitative estimate of drug-likeness (QED) is 0.622. The van der Waals surface area contributed by atoms with Crippen LogP contribution in [0.3, 0.4) is 0 Å². The lowest BCUT2D eigenvalue weighted by Crippen LogP contribution is -2.41. The number of hydrogen-bond acceptors (Lipinski definition) is 4. The molecule has 0 aliphatic carbocycles. The van der Waals surface area contributed by atoms with Crippen molar-refractivity contribution in [2.75, 3.05) is 32.0 Å². The highest BCUT2D eigenvalue weighted by Gasteiger charge is 2.34. The van der Waals surface area contributed by atoms with Crippen molar-refractivity contribution in [3.63, 3.8) is 0 Å². The molecule has 5 nitrogen and oxygen atoms in total. The van der Waals surface area contributed by atoms with Crippen LogP contribution in [0.5, 0.6) is 0 Å². The normalized spacial score (nSPS) is 17.2. The molecule has 1 aliphatic rings. The third-order valence-corrected chi connectivity index (χ3v) is 8.91. The molecule has 3 aromatic rings. The Labute approximate surface area is 182 Å². The molecule has 0 amide bonds. The van der Waals surface area contributed by atoms with E-state index in [1.807, 2.05) is 18.2 Å². The summed E-state index contributed by atoms with van der Waals surface area (Å²) < 4.78 is 28.5. The van der Waals surface area contributed by atoms with E-state index in [1.54, 1.807) is 18.2 Å². The highest BCUT2D eigenvalue weighted by Crippen LogP contribution is 2.47. The summed E-state index contributed by atoms with van der Waals surface area (Å²) >= 11 is 0. The summed E-state index contributed by atoms with van der Waals surface area (Å²) in [5.74, 6) is -0.393. The molecule has 0 unspecified atom stereocenters. The van der Waals surface area contributed by atoms with Gasteiger partial charge in [0, 0.05) is 49.1 Å². The number of fused-ring (bicyclic) bond motifs is 1. The second-order valence-electron chi connectivity index (χ2n) is 9.68. The molecule has 0 spiro atoms. The van der Waals surface area contributed by atoms with Gasteiger partial charge < -0.3 is 9.46 Å². The van der Waals surface area contributed by atoms with Crippen LogP contribution >= 0.6 is 7.14 Å². The van der Waals surface area contributed by atoms with E-state index in [-0.39, 0.29) is 11.0 Å². The molecule has 2 aromatic carbocycles. The van der Waals surface area contributed by atoms with E-state index in [9.17, 15) is 13.8 Å². The van der Waals surface area contributed by atoms with Crippen molar-refractivity contribution in [1.29, 1.82) is 0 Å². The van der Waals surface area contributed by atoms with Crippen molar-refractivity contribution in [3.8, 4) is 0 Å². The fourth-order valence-corrected chi connectivity index (χ4v) is 7.16. The second kappa shape index (κ2) is 8.33. The van der Waals surface area contributed by atoms with E-state index < -0.39 is 13.0 Å². The average molecular weight is 441 g/mol. The molecule has 31 heavy (non-hydrogen) atoms. The molecule has 1 saturated heterocycles. The van der Waals surface area contributed by atoms with Crippen molar-refractivity contribution in [2.24, 2.45) is 5.41 Å². The van der Waals surface area contributed by atoms with E-state index in [2.05, 4.69) is 35.9 Å². The predicted octanol–water partition coefficient (Wildman–Crippen LogP) is 4.00. The first-order valence-electron chi connectivity index (χ1n) is 10.7. The third-order valence-electron chi connectivity index (χ3n) is 5.85. The molecule has 4 rings (SSSR count). The van der Waals surface area contributed by atoms with E-state index >= 15 is 0 Å². The van der Waals surface area contributed by atoms with E-state index in [4.69, 9.17) is 0 Å². The van der Waals surface area contributed by atoms with Crippen LogP contribution in [-0.4, -0.2) is 47.1 Å². The highest BCUT2D eigenvalue weighted by atomic mass is 31.2. The van der Waals surface area contributed by atoms with Gasteiger partial charge in [-0.05, 0) is 29.2 Å². The Morgan fingerprint density at radius 3 is 2.45 bits per heavy atom. The molecule has 0 bridgehead atoms. The molecule has 1 fully saturated rings. The van der Waals surface area contributed by atoms with Crippen molar-refractivity contribution in [2.45, 2.75) is 27.2 Å². The van der Waals surface area contributed by atoms with Gasteiger partial charge >= 0.3 is 0 Å². The van der Waals surface area contributed by atoms with Crippen LogP contribution in [0.25, 0.3) is 10.8 Å². The summed E-state index contributed by atoms with van der Waals surface area (Å²) in [7, 11) is -2.79. The zero-order valence-corrected chi connectivity index (χ0v) is 19.2. The van der Waals surface area contributed by atoms with Crippen molar-refractivity contribution < 1.29 is 8.96 Å². The van der Waals surface area contributed by atoms with Gasteiger partial charge in [-0.2, -0.15) is 5.10 Å². The molecular weight excluding hydrogens is 412 g/mol. The minimum atomic E-state index is -2.79. The first kappa shape index (κ1) is 21.9. The number of benzene rings is 2. The number of aromatic nitrogens is 2. The topological polar surface area (TPSA) is 66.1 Å². The zero-order valence-electron chi connectivity index (χ0n) is 18.3. The third kappa shape index (κ3) is 4.81. The maximum atomic E-state index is 14.8. The Morgan fingerprint density at radius 1 is 1.10 bits per heavy atom. The monoisotopic (exact) mass is 441 g/mol. The Balaban J connectivity index is 1.60. The van der Waals surface area contributed by atoms with Gasteiger partial charge in [-0.15, -0.1) is 0 Å². The SMILES string of the molecule is CC(C)(C)CN1CCP(=O)(c2cc(Cc3n[nH]c(=O)c4ccccc34)ccc2F)CC1. The molecule has 2 heterocycles. The van der Waals surface area contributed by atoms with Crippen LogP contribution in [0, 0.1) is 11.2 Å². The van der Waals surface area contributed by atoms with Crippen molar-refractivity contribution in [1.82, 2.24) is 15.1 Å². The first-order chi connectivity index (χ1) is 14.6. The van der Waals surface area contributed by atoms with Crippen molar-refractivity contribution >= 4 is 23.2 Å². The van der Waals surface area contributed by atoms with Gasteiger partial charge in [-0.25, -0.2) is 9.49 Å². The maximum absolute atomic E-state index is 14.8. The standard InChI is InChI=1S/C24H29FN3O2P/c1-24(2,3)16-28-10-12-31(30,13-11-28)22-15-17(8-9-20(22)25)14-21-18-6-4-5-7-19(18)23(29)27-26-21/h4-9,15H,10-14,16H2,1-3H3,(H,27,29). The summed E-state index contributed by atoms with van der Waals surface area (Å²) in [4.78, 5) is 14.4.